The van der Waals surface area contributed by atoms with Gasteiger partial charge in [0, 0.05) is 64.4 Å². The SMILES string of the molecule is O=C(O)CCCCCCCCCCCCCCCCCCC(=O)NCC1CCC(C(=O)N[C@@H](CCC(=O)NCCOCCOCC(=O)NCCOCCOCC(=O)NCCOCCOCC(=O)NCCOCCOCC(=O)NCCCC[C@H](NS)C(=O)O)C(=O)O)CC1. The largest absolute Gasteiger partial charge is 0.481 e. The third-order valence-corrected chi connectivity index (χ3v) is 15.3. The van der Waals surface area contributed by atoms with Gasteiger partial charge in [0.05, 0.1) is 79.3 Å². The Kier molecular flexibility index (Phi) is 56.7. The summed E-state index contributed by atoms with van der Waals surface area (Å²) in [5.41, 5.74) is 0. The lowest BCUT2D eigenvalue weighted by Gasteiger charge is -2.28. The quantitative estimate of drug-likeness (QED) is 0.0307. The molecule has 30 heteroatoms. The predicted molar refractivity (Wildman–Crippen MR) is 347 cm³/mol. The fourth-order valence-electron chi connectivity index (χ4n) is 9.66. The van der Waals surface area contributed by atoms with E-state index in [1.807, 2.05) is 0 Å². The molecule has 7 amide bonds. The first-order chi connectivity index (χ1) is 45.1. The van der Waals surface area contributed by atoms with Gasteiger partial charge >= 0.3 is 17.9 Å². The number of carboxylic acids is 3. The molecule has 1 fully saturated rings. The van der Waals surface area contributed by atoms with Crippen molar-refractivity contribution >= 4 is 72.1 Å². The Bertz CT molecular complexity index is 2010. The number of thiol groups is 1. The van der Waals surface area contributed by atoms with Crippen molar-refractivity contribution in [2.24, 2.45) is 11.8 Å². The van der Waals surface area contributed by atoms with Gasteiger partial charge in [-0.15, -0.1) is 0 Å². The molecule has 1 aliphatic rings. The highest BCUT2D eigenvalue weighted by Crippen LogP contribution is 2.29. The average molecular weight is 1350 g/mol. The van der Waals surface area contributed by atoms with Gasteiger partial charge in [-0.05, 0) is 70.1 Å². The van der Waals surface area contributed by atoms with Crippen LogP contribution in [-0.2, 0) is 85.8 Å². The molecular weight excluding hydrogens is 1240 g/mol. The van der Waals surface area contributed by atoms with E-state index in [-0.39, 0.29) is 204 Å². The number of carbonyl (C=O) groups excluding carboxylic acids is 7. The van der Waals surface area contributed by atoms with Gasteiger partial charge in [0.25, 0.3) is 0 Å². The zero-order valence-electron chi connectivity index (χ0n) is 55.1. The van der Waals surface area contributed by atoms with E-state index in [9.17, 15) is 53.1 Å². The smallest absolute Gasteiger partial charge is 0.326 e. The summed E-state index contributed by atoms with van der Waals surface area (Å²) in [6, 6.07) is -1.94. The second-order valence-corrected chi connectivity index (χ2v) is 23.2. The van der Waals surface area contributed by atoms with E-state index in [4.69, 9.17) is 48.1 Å². The summed E-state index contributed by atoms with van der Waals surface area (Å²) < 4.78 is 45.2. The van der Waals surface area contributed by atoms with Gasteiger partial charge in [0.1, 0.15) is 38.5 Å². The predicted octanol–water partition coefficient (Wildman–Crippen LogP) is 3.14. The molecule has 0 saturated heterocycles. The highest BCUT2D eigenvalue weighted by Gasteiger charge is 2.30. The zero-order chi connectivity index (χ0) is 68.0. The summed E-state index contributed by atoms with van der Waals surface area (Å²) in [7, 11) is 0. The van der Waals surface area contributed by atoms with Crippen molar-refractivity contribution in [3.05, 3.63) is 0 Å². The lowest BCUT2D eigenvalue weighted by molar-refractivity contribution is -0.143. The third-order valence-electron chi connectivity index (χ3n) is 15.0. The molecule has 1 rings (SSSR count). The number of carboxylic acid groups (broad SMARTS) is 3. The maximum Gasteiger partial charge on any atom is 0.326 e. The summed E-state index contributed by atoms with van der Waals surface area (Å²) >= 11 is 3.78. The molecule has 0 radical (unpaired) electrons. The van der Waals surface area contributed by atoms with Crippen LogP contribution in [0.3, 0.4) is 0 Å². The molecule has 1 aliphatic carbocycles. The number of rotatable bonds is 66. The molecular formula is C63H114N8O21S. The Morgan fingerprint density at radius 1 is 0.344 bits per heavy atom. The van der Waals surface area contributed by atoms with Crippen molar-refractivity contribution in [1.29, 1.82) is 0 Å². The van der Waals surface area contributed by atoms with E-state index >= 15 is 0 Å². The molecule has 0 heterocycles. The van der Waals surface area contributed by atoms with Crippen molar-refractivity contribution in [3.8, 4) is 0 Å². The van der Waals surface area contributed by atoms with Crippen LogP contribution in [0.1, 0.15) is 173 Å². The zero-order valence-corrected chi connectivity index (χ0v) is 56.0. The molecule has 0 aromatic rings. The molecule has 0 spiro atoms. The summed E-state index contributed by atoms with van der Waals surface area (Å²) in [6.45, 7) is 3.52. The number of nitrogens with one attached hydrogen (secondary N) is 8. The van der Waals surface area contributed by atoms with E-state index in [1.54, 1.807) is 0 Å². The van der Waals surface area contributed by atoms with Crippen molar-refractivity contribution in [2.75, 3.05) is 145 Å². The Balaban J connectivity index is 1.90. The molecule has 0 aliphatic heterocycles. The van der Waals surface area contributed by atoms with Crippen molar-refractivity contribution in [2.45, 2.75) is 185 Å². The normalized spacial score (nSPS) is 14.3. The van der Waals surface area contributed by atoms with Gasteiger partial charge in [-0.25, -0.2) is 4.79 Å². The molecule has 538 valence electrons. The second kappa shape index (κ2) is 61.6. The van der Waals surface area contributed by atoms with Crippen LogP contribution >= 0.6 is 12.8 Å². The maximum absolute atomic E-state index is 13.0. The molecule has 1 saturated carbocycles. The van der Waals surface area contributed by atoms with Gasteiger partial charge in [0.2, 0.25) is 41.4 Å². The van der Waals surface area contributed by atoms with Crippen molar-refractivity contribution in [3.63, 3.8) is 0 Å². The number of carbonyl (C=O) groups is 10. The summed E-state index contributed by atoms with van der Waals surface area (Å²) in [6.07, 6.45) is 23.5. The summed E-state index contributed by atoms with van der Waals surface area (Å²) in [4.78, 5) is 119. The fraction of sp³-hybridized carbons (Fsp3) is 0.841. The maximum atomic E-state index is 13.0. The van der Waals surface area contributed by atoms with Crippen LogP contribution in [0.15, 0.2) is 0 Å². The molecule has 93 heavy (non-hydrogen) atoms. The van der Waals surface area contributed by atoms with Crippen LogP contribution in [0.5, 0.6) is 0 Å². The fourth-order valence-corrected chi connectivity index (χ4v) is 9.90. The van der Waals surface area contributed by atoms with Crippen LogP contribution in [0, 0.1) is 11.8 Å². The summed E-state index contributed by atoms with van der Waals surface area (Å²) in [5.74, 6) is -4.92. The first kappa shape index (κ1) is 85.7. The first-order valence-electron chi connectivity index (χ1n) is 33.7. The standard InChI is InChI=1S/C63H114N8O21S/c72-54(20-15-13-11-9-7-5-3-1-2-4-6-8-10-12-14-16-21-60(78)79)69-45-50-22-24-51(25-23-50)61(80)70-52(62(81)82)26-27-55(73)65-29-33-85-37-42-90-47-57(75)67-31-35-87-39-44-92-49-59(77)68-32-36-88-40-43-91-48-58(76)66-30-34-86-38-41-89-46-56(74)64-28-18-17-19-53(71-93)63(83)84/h50-53,71,93H,1-49H2,(H,64,74)(H,65,73)(H,66,76)(H,67,75)(H,68,77)(H,69,72)(H,70,80)(H,78,79)(H,81,82)(H,83,84)/t50?,51?,52-,53-/m0/s1. The van der Waals surface area contributed by atoms with E-state index in [0.29, 0.717) is 51.6 Å². The lowest BCUT2D eigenvalue weighted by atomic mass is 9.81. The molecule has 2 atom stereocenters. The molecule has 0 aromatic carbocycles. The average Bonchev–Trinajstić information content (AvgIpc) is 2.47. The topological polar surface area (TPSA) is 401 Å². The Morgan fingerprint density at radius 2 is 0.688 bits per heavy atom. The van der Waals surface area contributed by atoms with E-state index in [0.717, 1.165) is 51.4 Å². The molecule has 11 N–H and O–H groups in total. The first-order valence-corrected chi connectivity index (χ1v) is 34.1. The molecule has 0 unspecified atom stereocenters. The third kappa shape index (κ3) is 55.7. The number of hydrogen-bond acceptors (Lipinski definition) is 20. The lowest BCUT2D eigenvalue weighted by Crippen LogP contribution is -2.45. The number of ether oxygens (including phenoxy) is 8. The van der Waals surface area contributed by atoms with Crippen LogP contribution in [0.25, 0.3) is 0 Å². The number of unbranched alkanes of at least 4 members (excludes halogenated alkanes) is 16. The minimum atomic E-state index is -1.21. The minimum Gasteiger partial charge on any atom is -0.481 e. The Hall–Kier alpha value is -5.31. The Morgan fingerprint density at radius 3 is 1.06 bits per heavy atom. The highest BCUT2D eigenvalue weighted by atomic mass is 32.1. The van der Waals surface area contributed by atoms with Crippen LogP contribution < -0.4 is 41.9 Å². The van der Waals surface area contributed by atoms with Crippen molar-refractivity contribution in [1.82, 2.24) is 41.9 Å². The monoisotopic (exact) mass is 1350 g/mol. The van der Waals surface area contributed by atoms with Gasteiger partial charge in [-0.1, -0.05) is 103 Å². The number of hydrogen-bond donors (Lipinski definition) is 12. The van der Waals surface area contributed by atoms with Crippen LogP contribution in [0.4, 0.5) is 0 Å². The minimum absolute atomic E-state index is 0.0594. The van der Waals surface area contributed by atoms with Crippen molar-refractivity contribution < 1.29 is 101 Å². The number of aliphatic carboxylic acids is 3. The second-order valence-electron chi connectivity index (χ2n) is 22.9. The summed E-state index contributed by atoms with van der Waals surface area (Å²) in [5, 5.41) is 46.4. The van der Waals surface area contributed by atoms with Gasteiger partial charge < -0.3 is 90.4 Å². The molecule has 29 nitrogen and oxygen atoms in total. The number of amides is 7. The van der Waals surface area contributed by atoms with Crippen LogP contribution in [-0.4, -0.2) is 232 Å². The van der Waals surface area contributed by atoms with Gasteiger partial charge in [0.15, 0.2) is 0 Å². The van der Waals surface area contributed by atoms with Gasteiger partial charge in [-0.3, -0.25) is 47.9 Å². The molecule has 0 aromatic heterocycles. The van der Waals surface area contributed by atoms with Crippen LogP contribution in [0.2, 0.25) is 0 Å². The highest BCUT2D eigenvalue weighted by molar-refractivity contribution is 7.78. The van der Waals surface area contributed by atoms with E-state index in [1.165, 1.54) is 64.2 Å². The van der Waals surface area contributed by atoms with Gasteiger partial charge in [-0.2, -0.15) is 0 Å². The van der Waals surface area contributed by atoms with E-state index in [2.05, 4.69) is 54.8 Å². The molecule has 0 bridgehead atoms. The Labute approximate surface area is 555 Å². The van der Waals surface area contributed by atoms with E-state index < -0.39 is 30.0 Å².